The van der Waals surface area contributed by atoms with Crippen molar-refractivity contribution in [3.05, 3.63) is 23.8 Å². The van der Waals surface area contributed by atoms with Crippen molar-refractivity contribution in [2.24, 2.45) is 5.73 Å². The molecule has 0 radical (unpaired) electrons. The van der Waals surface area contributed by atoms with E-state index in [4.69, 9.17) is 10.5 Å². The van der Waals surface area contributed by atoms with Crippen molar-refractivity contribution < 1.29 is 22.7 Å². The Balaban J connectivity index is 2.96. The van der Waals surface area contributed by atoms with Crippen molar-refractivity contribution in [1.82, 2.24) is 0 Å². The van der Waals surface area contributed by atoms with Crippen LogP contribution in [-0.2, 0) is 11.2 Å². The van der Waals surface area contributed by atoms with E-state index in [2.05, 4.69) is 0 Å². The number of halogens is 3. The van der Waals surface area contributed by atoms with Gasteiger partial charge in [-0.15, -0.1) is 0 Å². The van der Waals surface area contributed by atoms with Gasteiger partial charge in [0.25, 0.3) is 0 Å². The maximum atomic E-state index is 12.2. The minimum Gasteiger partial charge on any atom is -0.492 e. The molecule has 0 aliphatic heterocycles. The van der Waals surface area contributed by atoms with Gasteiger partial charge in [0.1, 0.15) is 5.75 Å². The van der Waals surface area contributed by atoms with E-state index in [1.165, 1.54) is 6.07 Å². The summed E-state index contributed by atoms with van der Waals surface area (Å²) in [5.74, 6) is -1.83. The van der Waals surface area contributed by atoms with Crippen molar-refractivity contribution in [1.29, 1.82) is 0 Å². The lowest BCUT2D eigenvalue weighted by atomic mass is 10.1. The predicted molar refractivity (Wildman–Crippen MR) is 65.1 cm³/mol. The molecule has 7 heteroatoms. The van der Waals surface area contributed by atoms with Gasteiger partial charge in [-0.25, -0.2) is 0 Å². The summed E-state index contributed by atoms with van der Waals surface area (Å²) in [7, 11) is 0. The molecule has 0 atom stereocenters. The molecule has 4 nitrogen and oxygen atoms in total. The molecule has 1 amide bonds. The Morgan fingerprint density at radius 2 is 2.11 bits per heavy atom. The first-order valence-corrected chi connectivity index (χ1v) is 5.72. The molecule has 0 unspecified atom stereocenters. The molecule has 106 valence electrons. The van der Waals surface area contributed by atoms with Crippen molar-refractivity contribution in [3.8, 4) is 5.75 Å². The van der Waals surface area contributed by atoms with Crippen LogP contribution in [0.15, 0.2) is 18.2 Å². The van der Waals surface area contributed by atoms with E-state index in [1.807, 2.05) is 0 Å². The summed E-state index contributed by atoms with van der Waals surface area (Å²) in [4.78, 5) is 10.9. The number of alkyl halides is 3. The Morgan fingerprint density at radius 1 is 1.42 bits per heavy atom. The quantitative estimate of drug-likeness (QED) is 0.865. The largest absolute Gasteiger partial charge is 0.492 e. The third-order valence-corrected chi connectivity index (χ3v) is 2.28. The second-order valence-electron chi connectivity index (χ2n) is 3.75. The zero-order valence-corrected chi connectivity index (χ0v) is 10.4. The molecule has 0 bridgehead atoms. The monoisotopic (exact) mass is 276 g/mol. The smallest absolute Gasteiger partial charge is 0.471 e. The molecular formula is C12H15F3N2O2. The Hall–Kier alpha value is -1.76. The molecule has 19 heavy (non-hydrogen) atoms. The first-order valence-electron chi connectivity index (χ1n) is 5.72. The van der Waals surface area contributed by atoms with Gasteiger partial charge in [0.15, 0.2) is 0 Å². The summed E-state index contributed by atoms with van der Waals surface area (Å²) in [5, 5.41) is 1.78. The molecule has 0 saturated carbocycles. The number of nitrogens with one attached hydrogen (secondary N) is 1. The topological polar surface area (TPSA) is 64.3 Å². The normalized spacial score (nSPS) is 11.2. The number of amides is 1. The Labute approximate surface area is 108 Å². The minimum absolute atomic E-state index is 0.00931. The van der Waals surface area contributed by atoms with Gasteiger partial charge in [0.2, 0.25) is 0 Å². The van der Waals surface area contributed by atoms with Crippen LogP contribution in [0, 0.1) is 0 Å². The summed E-state index contributed by atoms with van der Waals surface area (Å²) in [6.07, 6.45) is -4.35. The summed E-state index contributed by atoms with van der Waals surface area (Å²) in [6.45, 7) is 2.39. The summed E-state index contributed by atoms with van der Waals surface area (Å²) in [6, 6.07) is 4.54. The maximum absolute atomic E-state index is 12.2. The van der Waals surface area contributed by atoms with Crippen LogP contribution in [0.3, 0.4) is 0 Å². The molecule has 0 aromatic heterocycles. The van der Waals surface area contributed by atoms with E-state index < -0.39 is 12.1 Å². The molecule has 0 aliphatic rings. The number of hydrogen-bond acceptors (Lipinski definition) is 3. The van der Waals surface area contributed by atoms with E-state index in [-0.39, 0.29) is 18.0 Å². The molecule has 1 aromatic carbocycles. The van der Waals surface area contributed by atoms with Gasteiger partial charge in [-0.2, -0.15) is 13.2 Å². The lowest BCUT2D eigenvalue weighted by Gasteiger charge is -2.14. The number of carbonyl (C=O) groups excluding carboxylic acids is 1. The Bertz CT molecular complexity index is 447. The average Bonchev–Trinajstić information content (AvgIpc) is 2.32. The van der Waals surface area contributed by atoms with Crippen LogP contribution < -0.4 is 15.8 Å². The van der Waals surface area contributed by atoms with Crippen LogP contribution in [0.25, 0.3) is 0 Å². The zero-order valence-electron chi connectivity index (χ0n) is 10.4. The SMILES string of the molecule is CCOc1cc(CCN)ccc1NC(=O)C(F)(F)F. The van der Waals surface area contributed by atoms with Crippen LogP contribution in [0.2, 0.25) is 0 Å². The molecule has 0 heterocycles. The van der Waals surface area contributed by atoms with Crippen molar-refractivity contribution in [2.45, 2.75) is 19.5 Å². The average molecular weight is 276 g/mol. The number of anilines is 1. The van der Waals surface area contributed by atoms with Gasteiger partial charge in [0, 0.05) is 0 Å². The van der Waals surface area contributed by atoms with E-state index in [9.17, 15) is 18.0 Å². The lowest BCUT2D eigenvalue weighted by Crippen LogP contribution is -2.30. The number of hydrogen-bond donors (Lipinski definition) is 2. The fourth-order valence-corrected chi connectivity index (χ4v) is 1.46. The van der Waals surface area contributed by atoms with E-state index >= 15 is 0 Å². The molecule has 1 rings (SSSR count). The fraction of sp³-hybridized carbons (Fsp3) is 0.417. The van der Waals surface area contributed by atoms with Gasteiger partial charge >= 0.3 is 12.1 Å². The molecule has 0 fully saturated rings. The number of ether oxygens (including phenoxy) is 1. The van der Waals surface area contributed by atoms with Gasteiger partial charge in [0.05, 0.1) is 12.3 Å². The Morgan fingerprint density at radius 3 is 2.63 bits per heavy atom. The first kappa shape index (κ1) is 15.3. The van der Waals surface area contributed by atoms with Crippen molar-refractivity contribution in [3.63, 3.8) is 0 Å². The predicted octanol–water partition coefficient (Wildman–Crippen LogP) is 2.09. The minimum atomic E-state index is -4.93. The second-order valence-corrected chi connectivity index (χ2v) is 3.75. The maximum Gasteiger partial charge on any atom is 0.471 e. The number of benzene rings is 1. The lowest BCUT2D eigenvalue weighted by molar-refractivity contribution is -0.167. The van der Waals surface area contributed by atoms with Crippen molar-refractivity contribution in [2.75, 3.05) is 18.5 Å². The Kier molecular flexibility index (Phi) is 5.17. The second kappa shape index (κ2) is 6.42. The number of carbonyl (C=O) groups is 1. The molecule has 0 saturated heterocycles. The fourth-order valence-electron chi connectivity index (χ4n) is 1.46. The number of rotatable bonds is 5. The van der Waals surface area contributed by atoms with Gasteiger partial charge in [-0.3, -0.25) is 4.79 Å². The van der Waals surface area contributed by atoms with E-state index in [0.717, 1.165) is 5.56 Å². The van der Waals surface area contributed by atoms with Crippen molar-refractivity contribution >= 4 is 11.6 Å². The van der Waals surface area contributed by atoms with Crippen LogP contribution in [0.1, 0.15) is 12.5 Å². The van der Waals surface area contributed by atoms with Crippen LogP contribution in [0.5, 0.6) is 5.75 Å². The third kappa shape index (κ3) is 4.44. The van der Waals surface area contributed by atoms with Crippen LogP contribution in [-0.4, -0.2) is 25.2 Å². The summed E-state index contributed by atoms with van der Waals surface area (Å²) < 4.78 is 41.8. The van der Waals surface area contributed by atoms with Crippen LogP contribution >= 0.6 is 0 Å². The highest BCUT2D eigenvalue weighted by atomic mass is 19.4. The molecular weight excluding hydrogens is 261 g/mol. The number of nitrogens with two attached hydrogens (primary N) is 1. The molecule has 0 aliphatic carbocycles. The first-order chi connectivity index (χ1) is 8.88. The zero-order chi connectivity index (χ0) is 14.5. The molecule has 0 spiro atoms. The highest BCUT2D eigenvalue weighted by molar-refractivity contribution is 5.96. The van der Waals surface area contributed by atoms with Gasteiger partial charge in [-0.05, 0) is 37.6 Å². The highest BCUT2D eigenvalue weighted by Crippen LogP contribution is 2.28. The van der Waals surface area contributed by atoms with Crippen LogP contribution in [0.4, 0.5) is 18.9 Å². The summed E-state index contributed by atoms with van der Waals surface area (Å²) in [5.41, 5.74) is 6.22. The molecule has 3 N–H and O–H groups in total. The standard InChI is InChI=1S/C12H15F3N2O2/c1-2-19-10-7-8(5-6-16)3-4-9(10)17-11(18)12(13,14)15/h3-4,7H,2,5-6,16H2,1H3,(H,17,18). The van der Waals surface area contributed by atoms with E-state index in [0.29, 0.717) is 13.0 Å². The molecule has 1 aromatic rings. The van der Waals surface area contributed by atoms with Gasteiger partial charge < -0.3 is 15.8 Å². The van der Waals surface area contributed by atoms with E-state index in [1.54, 1.807) is 24.4 Å². The highest BCUT2D eigenvalue weighted by Gasteiger charge is 2.39. The van der Waals surface area contributed by atoms with Gasteiger partial charge in [-0.1, -0.05) is 6.07 Å². The summed E-state index contributed by atoms with van der Waals surface area (Å²) >= 11 is 0. The third-order valence-electron chi connectivity index (χ3n) is 2.28.